The van der Waals surface area contributed by atoms with E-state index in [0.717, 1.165) is 17.1 Å². The first kappa shape index (κ1) is 14.2. The normalized spacial score (nSPS) is 10.1. The first-order chi connectivity index (χ1) is 9.85. The zero-order chi connectivity index (χ0) is 14.2. The summed E-state index contributed by atoms with van der Waals surface area (Å²) in [6, 6.07) is 15.3. The molecule has 0 radical (unpaired) electrons. The fourth-order valence-corrected chi connectivity index (χ4v) is 1.85. The van der Waals surface area contributed by atoms with Gasteiger partial charge < -0.3 is 19.9 Å². The van der Waals surface area contributed by atoms with Gasteiger partial charge in [-0.2, -0.15) is 0 Å². The Morgan fingerprint density at radius 2 is 1.35 bits per heavy atom. The topological polar surface area (TPSA) is 53.7 Å². The van der Waals surface area contributed by atoms with Crippen LogP contribution in [0, 0.1) is 0 Å². The summed E-state index contributed by atoms with van der Waals surface area (Å²) < 4.78 is 16.5. The highest BCUT2D eigenvalue weighted by molar-refractivity contribution is 5.39. The summed E-state index contributed by atoms with van der Waals surface area (Å²) in [7, 11) is 1.62. The molecule has 0 aliphatic heterocycles. The molecule has 0 bridgehead atoms. The van der Waals surface area contributed by atoms with Gasteiger partial charge in [0.25, 0.3) is 0 Å². The highest BCUT2D eigenvalue weighted by Gasteiger charge is 2.03. The number of benzene rings is 2. The van der Waals surface area contributed by atoms with E-state index in [1.54, 1.807) is 7.11 Å². The summed E-state index contributed by atoms with van der Waals surface area (Å²) in [5, 5.41) is 0. The van der Waals surface area contributed by atoms with Crippen LogP contribution in [-0.2, 0) is 6.54 Å². The second kappa shape index (κ2) is 7.40. The number of para-hydroxylation sites is 3. The van der Waals surface area contributed by atoms with Crippen molar-refractivity contribution < 1.29 is 14.2 Å². The van der Waals surface area contributed by atoms with Gasteiger partial charge in [0.15, 0.2) is 11.5 Å². The van der Waals surface area contributed by atoms with Crippen LogP contribution in [0.25, 0.3) is 0 Å². The maximum absolute atomic E-state index is 5.68. The minimum absolute atomic E-state index is 0.444. The predicted octanol–water partition coefficient (Wildman–Crippen LogP) is 2.61. The minimum Gasteiger partial charge on any atom is -0.493 e. The third-order valence-corrected chi connectivity index (χ3v) is 2.86. The minimum atomic E-state index is 0.444. The molecular weight excluding hydrogens is 254 g/mol. The van der Waals surface area contributed by atoms with E-state index < -0.39 is 0 Å². The van der Waals surface area contributed by atoms with Gasteiger partial charge in [0.05, 0.1) is 7.11 Å². The Bertz CT molecular complexity index is 493. The summed E-state index contributed by atoms with van der Waals surface area (Å²) >= 11 is 0. The SMILES string of the molecule is COc1ccccc1OCCOc1ccccc1CN. The van der Waals surface area contributed by atoms with E-state index in [1.165, 1.54) is 0 Å². The fraction of sp³-hybridized carbons (Fsp3) is 0.250. The van der Waals surface area contributed by atoms with Gasteiger partial charge in [0.1, 0.15) is 19.0 Å². The van der Waals surface area contributed by atoms with E-state index in [9.17, 15) is 0 Å². The van der Waals surface area contributed by atoms with Crippen molar-refractivity contribution >= 4 is 0 Å². The third-order valence-electron chi connectivity index (χ3n) is 2.86. The van der Waals surface area contributed by atoms with Crippen LogP contribution in [0.5, 0.6) is 17.2 Å². The standard InChI is InChI=1S/C16H19NO3/c1-18-15-8-4-5-9-16(15)20-11-10-19-14-7-3-2-6-13(14)12-17/h2-9H,10-12,17H2,1H3. The van der Waals surface area contributed by atoms with Crippen molar-refractivity contribution in [3.63, 3.8) is 0 Å². The van der Waals surface area contributed by atoms with Crippen LogP contribution in [0.4, 0.5) is 0 Å². The third kappa shape index (κ3) is 3.65. The zero-order valence-corrected chi connectivity index (χ0v) is 11.5. The molecule has 0 unspecified atom stereocenters. The number of nitrogens with two attached hydrogens (primary N) is 1. The second-order valence-corrected chi connectivity index (χ2v) is 4.16. The van der Waals surface area contributed by atoms with Gasteiger partial charge in [-0.15, -0.1) is 0 Å². The average Bonchev–Trinajstić information content (AvgIpc) is 2.52. The van der Waals surface area contributed by atoms with E-state index in [4.69, 9.17) is 19.9 Å². The molecular formula is C16H19NO3. The summed E-state index contributed by atoms with van der Waals surface area (Å²) in [6.07, 6.45) is 0. The van der Waals surface area contributed by atoms with Crippen LogP contribution in [0.2, 0.25) is 0 Å². The molecule has 4 heteroatoms. The van der Waals surface area contributed by atoms with Gasteiger partial charge in [0, 0.05) is 12.1 Å². The van der Waals surface area contributed by atoms with Crippen molar-refractivity contribution in [2.45, 2.75) is 6.54 Å². The molecule has 0 saturated heterocycles. The van der Waals surface area contributed by atoms with E-state index >= 15 is 0 Å². The maximum Gasteiger partial charge on any atom is 0.161 e. The highest BCUT2D eigenvalue weighted by Crippen LogP contribution is 2.25. The second-order valence-electron chi connectivity index (χ2n) is 4.16. The summed E-state index contributed by atoms with van der Waals surface area (Å²) in [5.74, 6) is 2.24. The van der Waals surface area contributed by atoms with Crippen LogP contribution >= 0.6 is 0 Å². The van der Waals surface area contributed by atoms with E-state index in [-0.39, 0.29) is 0 Å². The molecule has 0 heterocycles. The molecule has 2 N–H and O–H groups in total. The summed E-state index contributed by atoms with van der Waals surface area (Å²) in [5.41, 5.74) is 6.65. The Morgan fingerprint density at radius 3 is 2.00 bits per heavy atom. The first-order valence-corrected chi connectivity index (χ1v) is 6.51. The average molecular weight is 273 g/mol. The number of hydrogen-bond donors (Lipinski definition) is 1. The summed E-state index contributed by atoms with van der Waals surface area (Å²) in [4.78, 5) is 0. The molecule has 4 nitrogen and oxygen atoms in total. The lowest BCUT2D eigenvalue weighted by atomic mass is 10.2. The molecule has 0 saturated carbocycles. The Morgan fingerprint density at radius 1 is 0.800 bits per heavy atom. The quantitative estimate of drug-likeness (QED) is 0.788. The smallest absolute Gasteiger partial charge is 0.161 e. The molecule has 20 heavy (non-hydrogen) atoms. The van der Waals surface area contributed by atoms with E-state index in [2.05, 4.69) is 0 Å². The Kier molecular flexibility index (Phi) is 5.26. The lowest BCUT2D eigenvalue weighted by Gasteiger charge is -2.12. The Hall–Kier alpha value is -2.20. The highest BCUT2D eigenvalue weighted by atomic mass is 16.5. The van der Waals surface area contributed by atoms with Crippen molar-refractivity contribution in [1.82, 2.24) is 0 Å². The van der Waals surface area contributed by atoms with Crippen LogP contribution in [-0.4, -0.2) is 20.3 Å². The van der Waals surface area contributed by atoms with Crippen molar-refractivity contribution in [3.05, 3.63) is 54.1 Å². The molecule has 0 fully saturated rings. The molecule has 0 aliphatic carbocycles. The maximum atomic E-state index is 5.68. The molecule has 0 aliphatic rings. The van der Waals surface area contributed by atoms with Gasteiger partial charge in [0.2, 0.25) is 0 Å². The number of methoxy groups -OCH3 is 1. The zero-order valence-electron chi connectivity index (χ0n) is 11.5. The Balaban J connectivity index is 1.84. The van der Waals surface area contributed by atoms with Crippen LogP contribution in [0.1, 0.15) is 5.56 Å². The molecule has 0 aromatic heterocycles. The molecule has 0 atom stereocenters. The molecule has 106 valence electrons. The van der Waals surface area contributed by atoms with E-state index in [0.29, 0.717) is 25.5 Å². The van der Waals surface area contributed by atoms with Crippen molar-refractivity contribution in [2.24, 2.45) is 5.73 Å². The lowest BCUT2D eigenvalue weighted by Crippen LogP contribution is -2.11. The largest absolute Gasteiger partial charge is 0.493 e. The number of rotatable bonds is 7. The van der Waals surface area contributed by atoms with Crippen molar-refractivity contribution in [3.8, 4) is 17.2 Å². The van der Waals surface area contributed by atoms with Crippen LogP contribution in [0.15, 0.2) is 48.5 Å². The lowest BCUT2D eigenvalue weighted by molar-refractivity contribution is 0.210. The van der Waals surface area contributed by atoms with Crippen LogP contribution < -0.4 is 19.9 Å². The molecule has 0 spiro atoms. The molecule has 0 amide bonds. The summed E-state index contributed by atoms with van der Waals surface area (Å²) in [6.45, 7) is 1.36. The van der Waals surface area contributed by atoms with Gasteiger partial charge in [-0.05, 0) is 18.2 Å². The molecule has 2 aromatic rings. The van der Waals surface area contributed by atoms with Gasteiger partial charge in [-0.25, -0.2) is 0 Å². The van der Waals surface area contributed by atoms with Gasteiger partial charge in [-0.3, -0.25) is 0 Å². The van der Waals surface area contributed by atoms with Crippen LogP contribution in [0.3, 0.4) is 0 Å². The first-order valence-electron chi connectivity index (χ1n) is 6.51. The van der Waals surface area contributed by atoms with Crippen molar-refractivity contribution in [2.75, 3.05) is 20.3 Å². The molecule has 2 aromatic carbocycles. The number of ether oxygens (including phenoxy) is 3. The molecule has 2 rings (SSSR count). The number of hydrogen-bond acceptors (Lipinski definition) is 4. The van der Waals surface area contributed by atoms with Gasteiger partial charge >= 0.3 is 0 Å². The monoisotopic (exact) mass is 273 g/mol. The van der Waals surface area contributed by atoms with E-state index in [1.807, 2.05) is 48.5 Å². The Labute approximate surface area is 119 Å². The predicted molar refractivity (Wildman–Crippen MR) is 78.3 cm³/mol. The van der Waals surface area contributed by atoms with Gasteiger partial charge in [-0.1, -0.05) is 30.3 Å². The van der Waals surface area contributed by atoms with Crippen molar-refractivity contribution in [1.29, 1.82) is 0 Å². The fourth-order valence-electron chi connectivity index (χ4n) is 1.85.